The monoisotopic (exact) mass is 280 g/mol. The molecule has 4 nitrogen and oxygen atoms in total. The van der Waals surface area contributed by atoms with Crippen LogP contribution in [-0.4, -0.2) is 9.78 Å². The predicted octanol–water partition coefficient (Wildman–Crippen LogP) is 2.23. The van der Waals surface area contributed by atoms with E-state index in [1.165, 1.54) is 16.8 Å². The first-order chi connectivity index (χ1) is 7.63. The van der Waals surface area contributed by atoms with E-state index >= 15 is 0 Å². The molecule has 0 atom stereocenters. The lowest BCUT2D eigenvalue weighted by atomic mass is 10.2. The number of nitrogens with two attached hydrogens (primary N) is 1. The van der Waals surface area contributed by atoms with Crippen molar-refractivity contribution in [2.24, 2.45) is 0 Å². The Labute approximate surface area is 99.2 Å². The summed E-state index contributed by atoms with van der Waals surface area (Å²) in [6, 6.07) is 6.13. The highest BCUT2D eigenvalue weighted by atomic mass is 79.9. The molecule has 2 rings (SSSR count). The largest absolute Gasteiger partial charge is 0.381 e. The third kappa shape index (κ3) is 1.66. The molecule has 0 bridgehead atoms. The molecule has 16 heavy (non-hydrogen) atoms. The maximum atomic E-state index is 13.3. The van der Waals surface area contributed by atoms with Crippen LogP contribution in [0.15, 0.2) is 28.9 Å². The van der Waals surface area contributed by atoms with Gasteiger partial charge in [0, 0.05) is 6.20 Å². The van der Waals surface area contributed by atoms with Crippen molar-refractivity contribution >= 4 is 21.7 Å². The van der Waals surface area contributed by atoms with E-state index in [1.54, 1.807) is 18.3 Å². The molecule has 0 saturated carbocycles. The molecule has 6 heteroatoms. The van der Waals surface area contributed by atoms with Crippen molar-refractivity contribution in [2.45, 2.75) is 0 Å². The van der Waals surface area contributed by atoms with Gasteiger partial charge in [-0.1, -0.05) is 6.07 Å². The number of rotatable bonds is 1. The minimum atomic E-state index is -0.579. The maximum absolute atomic E-state index is 13.3. The van der Waals surface area contributed by atoms with Gasteiger partial charge in [-0.05, 0) is 28.1 Å². The average Bonchev–Trinajstić information content (AvgIpc) is 2.59. The van der Waals surface area contributed by atoms with Crippen LogP contribution in [0.5, 0.6) is 0 Å². The van der Waals surface area contributed by atoms with Gasteiger partial charge >= 0.3 is 0 Å². The second-order valence-corrected chi connectivity index (χ2v) is 3.91. The van der Waals surface area contributed by atoms with Gasteiger partial charge < -0.3 is 5.73 Å². The highest BCUT2D eigenvalue weighted by molar-refractivity contribution is 9.10. The zero-order chi connectivity index (χ0) is 11.7. The minimum absolute atomic E-state index is 0.0579. The first kappa shape index (κ1) is 10.6. The molecule has 1 aromatic carbocycles. The predicted molar refractivity (Wildman–Crippen MR) is 60.3 cm³/mol. The summed E-state index contributed by atoms with van der Waals surface area (Å²) in [6.45, 7) is 0. The SMILES string of the molecule is N#Cc1c(F)cccc1-n1cc(Br)c(N)n1. The number of halogens is 2. The number of hydrogen-bond donors (Lipinski definition) is 1. The summed E-state index contributed by atoms with van der Waals surface area (Å²) in [7, 11) is 0. The number of aromatic nitrogens is 2. The van der Waals surface area contributed by atoms with Gasteiger partial charge in [0.15, 0.2) is 5.82 Å². The summed E-state index contributed by atoms with van der Waals surface area (Å²) in [5.74, 6) is -0.293. The van der Waals surface area contributed by atoms with Crippen LogP contribution < -0.4 is 5.73 Å². The van der Waals surface area contributed by atoms with Gasteiger partial charge in [-0.3, -0.25) is 0 Å². The van der Waals surface area contributed by atoms with Crippen molar-refractivity contribution < 1.29 is 4.39 Å². The summed E-state index contributed by atoms with van der Waals surface area (Å²) in [4.78, 5) is 0. The molecule has 1 aromatic heterocycles. The Morgan fingerprint density at radius 1 is 1.50 bits per heavy atom. The van der Waals surface area contributed by atoms with Crippen LogP contribution in [-0.2, 0) is 0 Å². The lowest BCUT2D eigenvalue weighted by Gasteiger charge is -2.03. The van der Waals surface area contributed by atoms with Gasteiger partial charge in [-0.2, -0.15) is 5.26 Å². The van der Waals surface area contributed by atoms with E-state index in [1.807, 2.05) is 0 Å². The second-order valence-electron chi connectivity index (χ2n) is 3.05. The topological polar surface area (TPSA) is 67.6 Å². The second kappa shape index (κ2) is 3.94. The van der Waals surface area contributed by atoms with Gasteiger partial charge in [-0.25, -0.2) is 9.07 Å². The van der Waals surface area contributed by atoms with Crippen molar-refractivity contribution in [3.8, 4) is 11.8 Å². The number of anilines is 1. The maximum Gasteiger partial charge on any atom is 0.160 e. The zero-order valence-corrected chi connectivity index (χ0v) is 9.57. The molecule has 0 unspecified atom stereocenters. The van der Waals surface area contributed by atoms with Crippen molar-refractivity contribution in [2.75, 3.05) is 5.73 Å². The Balaban J connectivity index is 2.65. The lowest BCUT2D eigenvalue weighted by Crippen LogP contribution is -2.00. The molecule has 2 N–H and O–H groups in total. The van der Waals surface area contributed by atoms with Gasteiger partial charge in [0.05, 0.1) is 10.2 Å². The van der Waals surface area contributed by atoms with E-state index in [-0.39, 0.29) is 11.4 Å². The van der Waals surface area contributed by atoms with Gasteiger partial charge in [0.2, 0.25) is 0 Å². The Morgan fingerprint density at radius 2 is 2.25 bits per heavy atom. The van der Waals surface area contributed by atoms with E-state index < -0.39 is 5.82 Å². The fourth-order valence-electron chi connectivity index (χ4n) is 1.30. The molecule has 0 fully saturated rings. The molecule has 0 aliphatic carbocycles. The standard InChI is InChI=1S/C10H6BrFN4/c11-7-5-16(15-10(7)14)9-3-1-2-8(12)6(9)4-13/h1-3,5H,(H2,14,15). The molecule has 0 aliphatic rings. The van der Waals surface area contributed by atoms with Gasteiger partial charge in [-0.15, -0.1) is 5.10 Å². The summed E-state index contributed by atoms with van der Waals surface area (Å²) < 4.78 is 15.3. The Bertz CT molecular complexity index is 565. The van der Waals surface area contributed by atoms with E-state index in [0.29, 0.717) is 10.2 Å². The van der Waals surface area contributed by atoms with Crippen molar-refractivity contribution in [3.05, 3.63) is 40.2 Å². The van der Waals surface area contributed by atoms with Crippen LogP contribution >= 0.6 is 15.9 Å². The Kier molecular flexibility index (Phi) is 2.62. The highest BCUT2D eigenvalue weighted by Gasteiger charge is 2.11. The average molecular weight is 281 g/mol. The Hall–Kier alpha value is -1.87. The molecule has 1 heterocycles. The van der Waals surface area contributed by atoms with Gasteiger partial charge in [0.1, 0.15) is 17.4 Å². The zero-order valence-electron chi connectivity index (χ0n) is 7.98. The number of nitrogen functional groups attached to an aromatic ring is 1. The first-order valence-corrected chi connectivity index (χ1v) is 5.12. The first-order valence-electron chi connectivity index (χ1n) is 4.33. The van der Waals surface area contributed by atoms with Gasteiger partial charge in [0.25, 0.3) is 0 Å². The molecule has 0 aliphatic heterocycles. The van der Waals surface area contributed by atoms with Crippen LogP contribution in [0.3, 0.4) is 0 Å². The fraction of sp³-hybridized carbons (Fsp3) is 0. The molecular weight excluding hydrogens is 275 g/mol. The lowest BCUT2D eigenvalue weighted by molar-refractivity contribution is 0.621. The molecule has 0 amide bonds. The van der Waals surface area contributed by atoms with Crippen LogP contribution in [0.25, 0.3) is 5.69 Å². The quantitative estimate of drug-likeness (QED) is 0.871. The molecule has 0 radical (unpaired) electrons. The molecule has 0 saturated heterocycles. The highest BCUT2D eigenvalue weighted by Crippen LogP contribution is 2.22. The molecule has 0 spiro atoms. The van der Waals surface area contributed by atoms with E-state index in [0.717, 1.165) is 0 Å². The summed E-state index contributed by atoms with van der Waals surface area (Å²) in [5.41, 5.74) is 5.86. The normalized spacial score (nSPS) is 10.1. The van der Waals surface area contributed by atoms with Crippen molar-refractivity contribution in [1.29, 1.82) is 5.26 Å². The minimum Gasteiger partial charge on any atom is -0.381 e. The smallest absolute Gasteiger partial charge is 0.160 e. The van der Waals surface area contributed by atoms with Crippen LogP contribution in [0.2, 0.25) is 0 Å². The summed E-state index contributed by atoms with van der Waals surface area (Å²) >= 11 is 3.19. The molecular formula is C10H6BrFN4. The number of nitriles is 1. The molecule has 2 aromatic rings. The number of hydrogen-bond acceptors (Lipinski definition) is 3. The van der Waals surface area contributed by atoms with E-state index in [2.05, 4.69) is 21.0 Å². The van der Waals surface area contributed by atoms with Crippen molar-refractivity contribution in [1.82, 2.24) is 9.78 Å². The van der Waals surface area contributed by atoms with Crippen LogP contribution in [0.1, 0.15) is 5.56 Å². The summed E-state index contributed by atoms with van der Waals surface area (Å²) in [6.07, 6.45) is 1.57. The Morgan fingerprint density at radius 3 is 2.81 bits per heavy atom. The fourth-order valence-corrected chi connectivity index (χ4v) is 1.58. The van der Waals surface area contributed by atoms with Crippen molar-refractivity contribution in [3.63, 3.8) is 0 Å². The summed E-state index contributed by atoms with van der Waals surface area (Å²) in [5, 5.41) is 12.8. The van der Waals surface area contributed by atoms with Crippen LogP contribution in [0.4, 0.5) is 10.2 Å². The third-order valence-electron chi connectivity index (χ3n) is 2.05. The molecule has 80 valence electrons. The van der Waals surface area contributed by atoms with Crippen LogP contribution in [0, 0.1) is 17.1 Å². The number of benzene rings is 1. The number of nitrogens with zero attached hydrogens (tertiary/aromatic N) is 3. The van der Waals surface area contributed by atoms with E-state index in [9.17, 15) is 4.39 Å². The van der Waals surface area contributed by atoms with E-state index in [4.69, 9.17) is 11.0 Å². The third-order valence-corrected chi connectivity index (χ3v) is 2.66.